The van der Waals surface area contributed by atoms with Crippen molar-refractivity contribution in [3.8, 4) is 11.5 Å². The Bertz CT molecular complexity index is 1080. The van der Waals surface area contributed by atoms with Crippen molar-refractivity contribution in [1.82, 2.24) is 10.7 Å². The molecular weight excluding hydrogens is 382 g/mol. The summed E-state index contributed by atoms with van der Waals surface area (Å²) in [5.74, 6) is 0.329. The first-order chi connectivity index (χ1) is 14.7. The number of para-hydroxylation sites is 1. The van der Waals surface area contributed by atoms with E-state index in [0.717, 1.165) is 0 Å². The summed E-state index contributed by atoms with van der Waals surface area (Å²) in [5, 5.41) is 2.68. The van der Waals surface area contributed by atoms with Crippen molar-refractivity contribution in [3.63, 3.8) is 0 Å². The van der Waals surface area contributed by atoms with Gasteiger partial charge in [-0.2, -0.15) is 0 Å². The Balaban J connectivity index is 1.56. The van der Waals surface area contributed by atoms with Crippen LogP contribution < -0.4 is 25.6 Å². The fraction of sp³-hybridized carbons (Fsp3) is 0.0435. The highest BCUT2D eigenvalue weighted by molar-refractivity contribution is 6.05. The molecule has 3 aromatic rings. The van der Waals surface area contributed by atoms with Gasteiger partial charge in [0.25, 0.3) is 11.8 Å². The molecule has 0 bridgehead atoms. The number of carbonyl (C=O) groups excluding carboxylic acids is 2. The summed E-state index contributed by atoms with van der Waals surface area (Å²) in [5.41, 5.74) is 7.34. The second-order valence-corrected chi connectivity index (χ2v) is 6.44. The molecule has 1 aliphatic rings. The molecule has 0 atom stereocenters. The van der Waals surface area contributed by atoms with Gasteiger partial charge in [-0.1, -0.05) is 42.5 Å². The Kier molecular flexibility index (Phi) is 5.61. The van der Waals surface area contributed by atoms with Crippen LogP contribution in [0, 0.1) is 0 Å². The fourth-order valence-electron chi connectivity index (χ4n) is 2.83. The molecule has 0 saturated carbocycles. The van der Waals surface area contributed by atoms with Crippen molar-refractivity contribution in [1.29, 1.82) is 0 Å². The van der Waals surface area contributed by atoms with Crippen LogP contribution in [0.3, 0.4) is 0 Å². The summed E-state index contributed by atoms with van der Waals surface area (Å²) in [6.45, 7) is 0.154. The van der Waals surface area contributed by atoms with Crippen LogP contribution in [0.15, 0.2) is 84.6 Å². The maximum absolute atomic E-state index is 12.8. The SMILES string of the molecule is O=C(NNc1ccccc1)/C(=C\c1ccc2c(c1)OCO2)NC(=O)c1ccccc1. The van der Waals surface area contributed by atoms with Crippen molar-refractivity contribution in [2.75, 3.05) is 12.2 Å². The number of nitrogens with one attached hydrogen (secondary N) is 3. The van der Waals surface area contributed by atoms with Gasteiger partial charge in [0.2, 0.25) is 6.79 Å². The highest BCUT2D eigenvalue weighted by Crippen LogP contribution is 2.33. The lowest BCUT2D eigenvalue weighted by molar-refractivity contribution is -0.117. The molecule has 0 radical (unpaired) electrons. The van der Waals surface area contributed by atoms with Crippen LogP contribution in [0.1, 0.15) is 15.9 Å². The standard InChI is InChI=1S/C23H19N3O4/c27-22(17-7-3-1-4-8-17)24-19(23(28)26-25-18-9-5-2-6-10-18)13-16-11-12-20-21(14-16)30-15-29-20/h1-14,25H,15H2,(H,24,27)(H,26,28)/b19-13+. The Morgan fingerprint density at radius 3 is 2.30 bits per heavy atom. The third kappa shape index (κ3) is 4.59. The van der Waals surface area contributed by atoms with E-state index < -0.39 is 11.8 Å². The number of amides is 2. The first-order valence-corrected chi connectivity index (χ1v) is 9.28. The molecule has 0 aliphatic carbocycles. The fourth-order valence-corrected chi connectivity index (χ4v) is 2.83. The third-order valence-corrected chi connectivity index (χ3v) is 4.33. The number of hydrogen-bond donors (Lipinski definition) is 3. The average molecular weight is 401 g/mol. The van der Waals surface area contributed by atoms with E-state index in [0.29, 0.717) is 28.3 Å². The van der Waals surface area contributed by atoms with Crippen LogP contribution in [0.25, 0.3) is 6.08 Å². The molecule has 2 amide bonds. The lowest BCUT2D eigenvalue weighted by Crippen LogP contribution is -2.37. The zero-order chi connectivity index (χ0) is 20.8. The number of carbonyl (C=O) groups is 2. The Hall–Kier alpha value is -4.26. The predicted octanol–water partition coefficient (Wildman–Crippen LogP) is 3.33. The van der Waals surface area contributed by atoms with Gasteiger partial charge in [0.15, 0.2) is 11.5 Å². The molecule has 0 spiro atoms. The van der Waals surface area contributed by atoms with Gasteiger partial charge in [-0.3, -0.25) is 20.4 Å². The summed E-state index contributed by atoms with van der Waals surface area (Å²) in [6.07, 6.45) is 1.57. The van der Waals surface area contributed by atoms with Gasteiger partial charge in [0.05, 0.1) is 5.69 Å². The maximum atomic E-state index is 12.8. The van der Waals surface area contributed by atoms with Crippen molar-refractivity contribution < 1.29 is 19.1 Å². The zero-order valence-electron chi connectivity index (χ0n) is 15.9. The minimum absolute atomic E-state index is 0.0751. The van der Waals surface area contributed by atoms with Gasteiger partial charge >= 0.3 is 0 Å². The smallest absolute Gasteiger partial charge is 0.286 e. The highest BCUT2D eigenvalue weighted by atomic mass is 16.7. The molecule has 7 heteroatoms. The van der Waals surface area contributed by atoms with Crippen LogP contribution in [0.4, 0.5) is 5.69 Å². The molecule has 0 fully saturated rings. The minimum atomic E-state index is -0.499. The van der Waals surface area contributed by atoms with E-state index in [1.54, 1.807) is 48.5 Å². The molecule has 4 rings (SSSR count). The van der Waals surface area contributed by atoms with E-state index in [4.69, 9.17) is 9.47 Å². The van der Waals surface area contributed by atoms with Gasteiger partial charge in [0.1, 0.15) is 5.70 Å². The molecule has 150 valence electrons. The number of fused-ring (bicyclic) bond motifs is 1. The molecular formula is C23H19N3O4. The topological polar surface area (TPSA) is 88.7 Å². The monoisotopic (exact) mass is 401 g/mol. The lowest BCUT2D eigenvalue weighted by Gasteiger charge is -2.13. The number of benzene rings is 3. The second-order valence-electron chi connectivity index (χ2n) is 6.44. The van der Waals surface area contributed by atoms with Crippen LogP contribution in [0.2, 0.25) is 0 Å². The summed E-state index contributed by atoms with van der Waals surface area (Å²) in [7, 11) is 0. The van der Waals surface area contributed by atoms with Crippen LogP contribution in [-0.4, -0.2) is 18.6 Å². The molecule has 0 aromatic heterocycles. The van der Waals surface area contributed by atoms with E-state index in [-0.39, 0.29) is 12.5 Å². The summed E-state index contributed by atoms with van der Waals surface area (Å²) in [6, 6.07) is 23.1. The van der Waals surface area contributed by atoms with E-state index in [1.165, 1.54) is 0 Å². The minimum Gasteiger partial charge on any atom is -0.454 e. The van der Waals surface area contributed by atoms with Gasteiger partial charge < -0.3 is 14.8 Å². The van der Waals surface area contributed by atoms with E-state index in [2.05, 4.69) is 16.2 Å². The first kappa shape index (κ1) is 19.1. The normalized spacial score (nSPS) is 12.2. The van der Waals surface area contributed by atoms with Gasteiger partial charge in [0, 0.05) is 5.56 Å². The molecule has 3 aromatic carbocycles. The van der Waals surface area contributed by atoms with Crippen molar-refractivity contribution >= 4 is 23.6 Å². The van der Waals surface area contributed by atoms with Crippen LogP contribution in [-0.2, 0) is 4.79 Å². The molecule has 30 heavy (non-hydrogen) atoms. The van der Waals surface area contributed by atoms with E-state index >= 15 is 0 Å². The molecule has 1 aliphatic heterocycles. The summed E-state index contributed by atoms with van der Waals surface area (Å²) in [4.78, 5) is 25.4. The highest BCUT2D eigenvalue weighted by Gasteiger charge is 2.17. The second kappa shape index (κ2) is 8.83. The predicted molar refractivity (Wildman–Crippen MR) is 113 cm³/mol. The lowest BCUT2D eigenvalue weighted by atomic mass is 10.1. The number of rotatable bonds is 6. The quantitative estimate of drug-likeness (QED) is 0.436. The van der Waals surface area contributed by atoms with Gasteiger partial charge in [-0.05, 0) is 48.0 Å². The van der Waals surface area contributed by atoms with Crippen LogP contribution >= 0.6 is 0 Å². The zero-order valence-corrected chi connectivity index (χ0v) is 15.9. The average Bonchev–Trinajstić information content (AvgIpc) is 3.26. The maximum Gasteiger partial charge on any atom is 0.286 e. The Morgan fingerprint density at radius 2 is 1.53 bits per heavy atom. The molecule has 0 saturated heterocycles. The Morgan fingerprint density at radius 1 is 0.833 bits per heavy atom. The largest absolute Gasteiger partial charge is 0.454 e. The molecule has 1 heterocycles. The number of ether oxygens (including phenoxy) is 2. The first-order valence-electron chi connectivity index (χ1n) is 9.28. The molecule has 0 unspecified atom stereocenters. The Labute approximate surface area is 173 Å². The van der Waals surface area contributed by atoms with Crippen molar-refractivity contribution in [2.24, 2.45) is 0 Å². The van der Waals surface area contributed by atoms with Crippen molar-refractivity contribution in [2.45, 2.75) is 0 Å². The van der Waals surface area contributed by atoms with Gasteiger partial charge in [-0.25, -0.2) is 0 Å². The third-order valence-electron chi connectivity index (χ3n) is 4.33. The summed E-state index contributed by atoms with van der Waals surface area (Å²) < 4.78 is 10.7. The number of anilines is 1. The molecule has 3 N–H and O–H groups in total. The number of hydrogen-bond acceptors (Lipinski definition) is 5. The van der Waals surface area contributed by atoms with Crippen molar-refractivity contribution in [3.05, 3.63) is 95.7 Å². The van der Waals surface area contributed by atoms with Gasteiger partial charge in [-0.15, -0.1) is 0 Å². The summed E-state index contributed by atoms with van der Waals surface area (Å²) >= 11 is 0. The van der Waals surface area contributed by atoms with Crippen LogP contribution in [0.5, 0.6) is 11.5 Å². The molecule has 7 nitrogen and oxygen atoms in total. The van der Waals surface area contributed by atoms with E-state index in [1.807, 2.05) is 36.4 Å². The number of hydrazine groups is 1. The van der Waals surface area contributed by atoms with E-state index in [9.17, 15) is 9.59 Å².